The van der Waals surface area contributed by atoms with Crippen molar-refractivity contribution in [2.75, 3.05) is 5.32 Å². The van der Waals surface area contributed by atoms with Crippen LogP contribution in [0.1, 0.15) is 5.56 Å². The summed E-state index contributed by atoms with van der Waals surface area (Å²) in [6.07, 6.45) is 3.52. The van der Waals surface area contributed by atoms with E-state index in [-0.39, 0.29) is 0 Å². The van der Waals surface area contributed by atoms with Gasteiger partial charge in [-0.3, -0.25) is 0 Å². The summed E-state index contributed by atoms with van der Waals surface area (Å²) in [7, 11) is 2.00. The molecule has 5 rings (SSSR count). The highest BCUT2D eigenvalue weighted by atomic mass is 35.5. The number of hydrogen-bond acceptors (Lipinski definition) is 4. The lowest BCUT2D eigenvalue weighted by atomic mass is 10.0. The van der Waals surface area contributed by atoms with Gasteiger partial charge in [-0.25, -0.2) is 9.97 Å². The fourth-order valence-electron chi connectivity index (χ4n) is 3.29. The smallest absolute Gasteiger partial charge is 0.151 e. The summed E-state index contributed by atoms with van der Waals surface area (Å²) >= 11 is 6.40. The Balaban J connectivity index is 1.55. The largest absolute Gasteiger partial charge is 0.366 e. The summed E-state index contributed by atoms with van der Waals surface area (Å²) in [4.78, 5) is 12.2. The van der Waals surface area contributed by atoms with Crippen LogP contribution in [0.4, 0.5) is 5.82 Å². The Kier molecular flexibility index (Phi) is 4.02. The molecule has 136 valence electrons. The number of anilines is 1. The first-order chi connectivity index (χ1) is 13.7. The summed E-state index contributed by atoms with van der Waals surface area (Å²) in [5, 5.41) is 8.63. The molecule has 0 amide bonds. The average Bonchev–Trinajstić information content (AvgIpc) is 3.33. The van der Waals surface area contributed by atoms with E-state index in [1.54, 1.807) is 6.33 Å². The number of nitrogens with one attached hydrogen (secondary N) is 2. The first-order valence-corrected chi connectivity index (χ1v) is 9.33. The fourth-order valence-corrected chi connectivity index (χ4v) is 3.52. The number of benzene rings is 2. The van der Waals surface area contributed by atoms with E-state index in [1.165, 1.54) is 0 Å². The van der Waals surface area contributed by atoms with E-state index in [9.17, 15) is 0 Å². The van der Waals surface area contributed by atoms with Crippen LogP contribution in [0.3, 0.4) is 0 Å². The number of H-pyrrole nitrogens is 1. The molecular formula is C20H16BClN6. The molecule has 0 aliphatic heterocycles. The standard InChI is InChI=1S/C20H16BClN6/c21-14-10-26-28-19(23-9-12-5-6-16-18(7-12)25-11-24-16)8-17(27-20(14)28)13-3-1-2-4-15(13)22/h1-8,10-11,23H,9,21H2,(H,24,25). The van der Waals surface area contributed by atoms with Crippen molar-refractivity contribution in [1.82, 2.24) is 24.6 Å². The van der Waals surface area contributed by atoms with Gasteiger partial charge in [0.2, 0.25) is 0 Å². The minimum Gasteiger partial charge on any atom is -0.366 e. The van der Waals surface area contributed by atoms with Crippen LogP contribution in [-0.4, -0.2) is 32.4 Å². The molecule has 2 aromatic carbocycles. The molecule has 0 atom stereocenters. The van der Waals surface area contributed by atoms with E-state index in [1.807, 2.05) is 55.0 Å². The van der Waals surface area contributed by atoms with Gasteiger partial charge in [0, 0.05) is 29.4 Å². The highest BCUT2D eigenvalue weighted by Gasteiger charge is 2.12. The zero-order valence-corrected chi connectivity index (χ0v) is 15.9. The second-order valence-electron chi connectivity index (χ2n) is 6.68. The van der Waals surface area contributed by atoms with E-state index < -0.39 is 0 Å². The topological polar surface area (TPSA) is 70.9 Å². The summed E-state index contributed by atoms with van der Waals surface area (Å²) < 4.78 is 1.82. The van der Waals surface area contributed by atoms with Crippen LogP contribution < -0.4 is 10.8 Å². The van der Waals surface area contributed by atoms with E-state index in [0.717, 1.165) is 44.8 Å². The molecule has 2 N–H and O–H groups in total. The molecule has 28 heavy (non-hydrogen) atoms. The number of imidazole rings is 1. The molecule has 0 bridgehead atoms. The average molecular weight is 387 g/mol. The number of halogens is 1. The molecule has 0 unspecified atom stereocenters. The molecule has 3 aromatic heterocycles. The van der Waals surface area contributed by atoms with Gasteiger partial charge >= 0.3 is 0 Å². The van der Waals surface area contributed by atoms with Crippen molar-refractivity contribution in [3.63, 3.8) is 0 Å². The normalized spacial score (nSPS) is 11.3. The van der Waals surface area contributed by atoms with Crippen LogP contribution in [0.15, 0.2) is 61.1 Å². The maximum atomic E-state index is 6.40. The van der Waals surface area contributed by atoms with Crippen LogP contribution in [0.25, 0.3) is 27.9 Å². The van der Waals surface area contributed by atoms with Crippen LogP contribution in [0.2, 0.25) is 5.02 Å². The molecule has 0 fully saturated rings. The van der Waals surface area contributed by atoms with Gasteiger partial charge in [0.25, 0.3) is 0 Å². The monoisotopic (exact) mass is 386 g/mol. The van der Waals surface area contributed by atoms with Crippen LogP contribution in [0.5, 0.6) is 0 Å². The Morgan fingerprint density at radius 2 is 2.04 bits per heavy atom. The van der Waals surface area contributed by atoms with Crippen LogP contribution in [-0.2, 0) is 6.54 Å². The van der Waals surface area contributed by atoms with E-state index in [4.69, 9.17) is 16.6 Å². The first kappa shape index (κ1) is 16.8. The lowest BCUT2D eigenvalue weighted by Crippen LogP contribution is -2.09. The Labute approximate surface area is 167 Å². The van der Waals surface area contributed by atoms with Gasteiger partial charge in [-0.1, -0.05) is 35.9 Å². The number of fused-ring (bicyclic) bond motifs is 2. The quantitative estimate of drug-likeness (QED) is 0.466. The van der Waals surface area contributed by atoms with E-state index >= 15 is 0 Å². The maximum Gasteiger partial charge on any atom is 0.151 e. The molecule has 0 spiro atoms. The summed E-state index contributed by atoms with van der Waals surface area (Å²) in [5.74, 6) is 0.857. The van der Waals surface area contributed by atoms with Gasteiger partial charge in [0.1, 0.15) is 13.7 Å². The van der Waals surface area contributed by atoms with Gasteiger partial charge in [-0.05, 0) is 29.2 Å². The minimum atomic E-state index is 0.642. The third-order valence-corrected chi connectivity index (χ3v) is 5.09. The lowest BCUT2D eigenvalue weighted by Gasteiger charge is -2.12. The molecular weight excluding hydrogens is 371 g/mol. The third kappa shape index (κ3) is 2.90. The maximum absolute atomic E-state index is 6.40. The molecule has 0 radical (unpaired) electrons. The predicted octanol–water partition coefficient (Wildman–Crippen LogP) is 2.80. The summed E-state index contributed by atoms with van der Waals surface area (Å²) in [6, 6.07) is 15.9. The zero-order valence-electron chi connectivity index (χ0n) is 15.1. The second-order valence-corrected chi connectivity index (χ2v) is 7.08. The molecule has 0 saturated heterocycles. The zero-order chi connectivity index (χ0) is 19.1. The van der Waals surface area contributed by atoms with Gasteiger partial charge in [0.15, 0.2) is 5.65 Å². The van der Waals surface area contributed by atoms with Crippen molar-refractivity contribution < 1.29 is 0 Å². The van der Waals surface area contributed by atoms with Crippen molar-refractivity contribution in [1.29, 1.82) is 0 Å². The molecule has 0 aliphatic rings. The second kappa shape index (κ2) is 6.69. The Morgan fingerprint density at radius 1 is 1.14 bits per heavy atom. The highest BCUT2D eigenvalue weighted by molar-refractivity contribution is 6.36. The van der Waals surface area contributed by atoms with Crippen LogP contribution in [0, 0.1) is 0 Å². The van der Waals surface area contributed by atoms with Crippen LogP contribution >= 0.6 is 11.6 Å². The van der Waals surface area contributed by atoms with E-state index in [2.05, 4.69) is 32.5 Å². The van der Waals surface area contributed by atoms with Crippen molar-refractivity contribution in [2.24, 2.45) is 0 Å². The number of aromatic amines is 1. The van der Waals surface area contributed by atoms with Gasteiger partial charge < -0.3 is 10.3 Å². The Bertz CT molecular complexity index is 1310. The molecule has 0 aliphatic carbocycles. The Hall–Kier alpha value is -3.32. The van der Waals surface area contributed by atoms with Crippen molar-refractivity contribution in [2.45, 2.75) is 6.54 Å². The van der Waals surface area contributed by atoms with Gasteiger partial charge in [-0.2, -0.15) is 9.61 Å². The molecule has 8 heteroatoms. The lowest BCUT2D eigenvalue weighted by molar-refractivity contribution is 0.927. The predicted molar refractivity (Wildman–Crippen MR) is 115 cm³/mol. The number of rotatable bonds is 4. The van der Waals surface area contributed by atoms with Crippen molar-refractivity contribution in [3.8, 4) is 11.3 Å². The SMILES string of the molecule is Bc1cnn2c(NCc3ccc4[nH]cnc4c3)cc(-c3ccccc3Cl)nc12. The molecule has 5 aromatic rings. The fraction of sp³-hybridized carbons (Fsp3) is 0.0500. The van der Waals surface area contributed by atoms with Crippen molar-refractivity contribution in [3.05, 3.63) is 71.6 Å². The first-order valence-electron chi connectivity index (χ1n) is 8.95. The highest BCUT2D eigenvalue weighted by Crippen LogP contribution is 2.28. The molecule has 0 saturated carbocycles. The summed E-state index contributed by atoms with van der Waals surface area (Å²) in [6.45, 7) is 0.642. The minimum absolute atomic E-state index is 0.642. The van der Waals surface area contributed by atoms with Crippen molar-refractivity contribution >= 4 is 47.4 Å². The van der Waals surface area contributed by atoms with E-state index in [0.29, 0.717) is 11.6 Å². The third-order valence-electron chi connectivity index (χ3n) is 4.76. The Morgan fingerprint density at radius 3 is 2.93 bits per heavy atom. The number of hydrogen-bond donors (Lipinski definition) is 2. The number of nitrogens with zero attached hydrogens (tertiary/aromatic N) is 4. The van der Waals surface area contributed by atoms with Gasteiger partial charge in [-0.15, -0.1) is 0 Å². The summed E-state index contributed by atoms with van der Waals surface area (Å²) in [5.41, 5.74) is 6.63. The molecule has 3 heterocycles. The van der Waals surface area contributed by atoms with Gasteiger partial charge in [0.05, 0.1) is 23.1 Å². The molecule has 6 nitrogen and oxygen atoms in total. The number of aromatic nitrogens is 5.